The molecule has 0 amide bonds. The predicted octanol–water partition coefficient (Wildman–Crippen LogP) is 1.45. The van der Waals surface area contributed by atoms with Gasteiger partial charge in [0, 0.05) is 18.7 Å². The molecule has 0 aromatic heterocycles. The van der Waals surface area contributed by atoms with Crippen LogP contribution in [0.4, 0.5) is 0 Å². The number of hydrogen-bond acceptors (Lipinski definition) is 3. The lowest BCUT2D eigenvalue weighted by molar-refractivity contribution is 0.110. The molecule has 2 aliphatic rings. The van der Waals surface area contributed by atoms with Crippen molar-refractivity contribution >= 4 is 0 Å². The highest BCUT2D eigenvalue weighted by Gasteiger charge is 2.32. The smallest absolute Gasteiger partial charge is 0.0700 e. The van der Waals surface area contributed by atoms with Crippen molar-refractivity contribution in [1.29, 1.82) is 5.26 Å². The first-order valence-electron chi connectivity index (χ1n) is 5.58. The first-order valence-corrected chi connectivity index (χ1v) is 5.58. The summed E-state index contributed by atoms with van der Waals surface area (Å²) >= 11 is 0. The lowest BCUT2D eigenvalue weighted by Crippen LogP contribution is -2.43. The highest BCUT2D eigenvalue weighted by atomic mass is 16.5. The number of ether oxygens (including phenoxy) is 1. The van der Waals surface area contributed by atoms with Gasteiger partial charge in [-0.25, -0.2) is 0 Å². The van der Waals surface area contributed by atoms with Gasteiger partial charge in [-0.2, -0.15) is 5.26 Å². The number of nitriles is 1. The van der Waals surface area contributed by atoms with Crippen LogP contribution in [0.3, 0.4) is 0 Å². The molecular weight excluding hydrogens is 176 g/mol. The maximum Gasteiger partial charge on any atom is 0.0700 e. The average Bonchev–Trinajstić information content (AvgIpc) is 2.77. The fourth-order valence-corrected chi connectivity index (χ4v) is 2.54. The summed E-state index contributed by atoms with van der Waals surface area (Å²) in [6.45, 7) is 2.98. The number of hydrogen-bond donors (Lipinski definition) is 1. The predicted molar refractivity (Wildman–Crippen MR) is 53.7 cm³/mol. The maximum atomic E-state index is 8.96. The lowest BCUT2D eigenvalue weighted by Gasteiger charge is -2.23. The molecule has 1 heterocycles. The van der Waals surface area contributed by atoms with Gasteiger partial charge < -0.3 is 10.1 Å². The second-order valence-electron chi connectivity index (χ2n) is 4.41. The van der Waals surface area contributed by atoms with Crippen molar-refractivity contribution in [2.24, 2.45) is 5.92 Å². The van der Waals surface area contributed by atoms with Crippen molar-refractivity contribution in [2.75, 3.05) is 6.61 Å². The van der Waals surface area contributed by atoms with E-state index in [0.29, 0.717) is 18.2 Å². The van der Waals surface area contributed by atoms with Crippen LogP contribution in [0.15, 0.2) is 0 Å². The van der Waals surface area contributed by atoms with Crippen LogP contribution in [0.2, 0.25) is 0 Å². The van der Waals surface area contributed by atoms with Gasteiger partial charge in [-0.1, -0.05) is 6.42 Å². The van der Waals surface area contributed by atoms with Crippen LogP contribution in [0.25, 0.3) is 0 Å². The van der Waals surface area contributed by atoms with Gasteiger partial charge in [0.2, 0.25) is 0 Å². The fraction of sp³-hybridized carbons (Fsp3) is 0.909. The van der Waals surface area contributed by atoms with Crippen LogP contribution in [0.5, 0.6) is 0 Å². The Morgan fingerprint density at radius 2 is 2.14 bits per heavy atom. The molecule has 1 saturated carbocycles. The minimum atomic E-state index is 0.225. The van der Waals surface area contributed by atoms with E-state index in [1.54, 1.807) is 0 Å². The fourth-order valence-electron chi connectivity index (χ4n) is 2.54. The third-order valence-electron chi connectivity index (χ3n) is 3.49. The summed E-state index contributed by atoms with van der Waals surface area (Å²) in [6, 6.07) is 3.28. The Morgan fingerprint density at radius 3 is 2.79 bits per heavy atom. The quantitative estimate of drug-likeness (QED) is 0.723. The molecule has 0 spiro atoms. The monoisotopic (exact) mass is 194 g/mol. The van der Waals surface area contributed by atoms with Crippen molar-refractivity contribution in [2.45, 2.75) is 50.8 Å². The van der Waals surface area contributed by atoms with Gasteiger partial charge in [-0.3, -0.25) is 0 Å². The largest absolute Gasteiger partial charge is 0.377 e. The Bertz CT molecular complexity index is 236. The molecule has 1 N–H and O–H groups in total. The normalized spacial score (nSPS) is 42.6. The molecule has 3 nitrogen and oxygen atoms in total. The molecule has 0 bridgehead atoms. The highest BCUT2D eigenvalue weighted by molar-refractivity contribution is 4.98. The maximum absolute atomic E-state index is 8.96. The third kappa shape index (κ3) is 1.92. The molecule has 1 saturated heterocycles. The first kappa shape index (κ1) is 9.95. The van der Waals surface area contributed by atoms with E-state index >= 15 is 0 Å². The van der Waals surface area contributed by atoms with Crippen LogP contribution < -0.4 is 5.32 Å². The van der Waals surface area contributed by atoms with Crippen molar-refractivity contribution in [3.05, 3.63) is 0 Å². The summed E-state index contributed by atoms with van der Waals surface area (Å²) in [5.41, 5.74) is 0. The second kappa shape index (κ2) is 4.29. The van der Waals surface area contributed by atoms with E-state index in [4.69, 9.17) is 10.00 Å². The van der Waals surface area contributed by atoms with Gasteiger partial charge in [-0.15, -0.1) is 0 Å². The average molecular weight is 194 g/mol. The van der Waals surface area contributed by atoms with Gasteiger partial charge in [0.1, 0.15) is 0 Å². The van der Waals surface area contributed by atoms with E-state index in [9.17, 15) is 0 Å². The molecular formula is C11H18N2O. The molecule has 4 atom stereocenters. The number of rotatable bonds is 2. The van der Waals surface area contributed by atoms with E-state index in [2.05, 4.69) is 18.3 Å². The highest BCUT2D eigenvalue weighted by Crippen LogP contribution is 2.26. The summed E-state index contributed by atoms with van der Waals surface area (Å²) in [5, 5.41) is 12.5. The Hall–Kier alpha value is -0.590. The van der Waals surface area contributed by atoms with Gasteiger partial charge in [-0.05, 0) is 26.2 Å². The number of nitrogens with one attached hydrogen (secondary N) is 1. The molecule has 78 valence electrons. The van der Waals surface area contributed by atoms with E-state index in [0.717, 1.165) is 25.9 Å². The summed E-state index contributed by atoms with van der Waals surface area (Å²) in [5.74, 6) is 0.225. The molecule has 1 aliphatic heterocycles. The molecule has 0 aromatic carbocycles. The summed E-state index contributed by atoms with van der Waals surface area (Å²) in [7, 11) is 0. The van der Waals surface area contributed by atoms with Crippen molar-refractivity contribution < 1.29 is 4.74 Å². The molecule has 14 heavy (non-hydrogen) atoms. The molecule has 3 heteroatoms. The topological polar surface area (TPSA) is 45.0 Å². The zero-order valence-corrected chi connectivity index (χ0v) is 8.70. The summed E-state index contributed by atoms with van der Waals surface area (Å²) < 4.78 is 5.50. The van der Waals surface area contributed by atoms with Crippen molar-refractivity contribution in [1.82, 2.24) is 5.32 Å². The Morgan fingerprint density at radius 1 is 1.29 bits per heavy atom. The molecule has 1 aliphatic carbocycles. The van der Waals surface area contributed by atoms with Crippen LogP contribution in [-0.4, -0.2) is 24.8 Å². The van der Waals surface area contributed by atoms with Crippen LogP contribution in [-0.2, 0) is 4.74 Å². The van der Waals surface area contributed by atoms with Crippen molar-refractivity contribution in [3.8, 4) is 6.07 Å². The Kier molecular flexibility index (Phi) is 3.05. The molecule has 4 unspecified atom stereocenters. The van der Waals surface area contributed by atoms with Gasteiger partial charge in [0.15, 0.2) is 0 Å². The zero-order valence-electron chi connectivity index (χ0n) is 8.70. The van der Waals surface area contributed by atoms with Crippen LogP contribution in [0.1, 0.15) is 32.6 Å². The summed E-state index contributed by atoms with van der Waals surface area (Å²) in [6.07, 6.45) is 4.82. The molecule has 2 fully saturated rings. The van der Waals surface area contributed by atoms with E-state index in [1.807, 2.05) is 0 Å². The van der Waals surface area contributed by atoms with E-state index in [1.165, 1.54) is 6.42 Å². The van der Waals surface area contributed by atoms with Crippen LogP contribution in [0, 0.1) is 17.2 Å². The minimum Gasteiger partial charge on any atom is -0.377 e. The van der Waals surface area contributed by atoms with Gasteiger partial charge in [0.25, 0.3) is 0 Å². The first-order chi connectivity index (χ1) is 6.81. The second-order valence-corrected chi connectivity index (χ2v) is 4.41. The molecule has 2 rings (SSSR count). The van der Waals surface area contributed by atoms with E-state index in [-0.39, 0.29) is 5.92 Å². The van der Waals surface area contributed by atoms with Crippen molar-refractivity contribution in [3.63, 3.8) is 0 Å². The summed E-state index contributed by atoms with van der Waals surface area (Å²) in [4.78, 5) is 0. The Balaban J connectivity index is 1.87. The number of nitrogens with zero attached hydrogens (tertiary/aromatic N) is 1. The van der Waals surface area contributed by atoms with Gasteiger partial charge in [0.05, 0.1) is 18.1 Å². The van der Waals surface area contributed by atoms with Crippen LogP contribution >= 0.6 is 0 Å². The molecule has 0 radical (unpaired) electrons. The lowest BCUT2D eigenvalue weighted by atomic mass is 10.0. The van der Waals surface area contributed by atoms with E-state index < -0.39 is 0 Å². The third-order valence-corrected chi connectivity index (χ3v) is 3.49. The molecule has 0 aromatic rings. The van der Waals surface area contributed by atoms with Gasteiger partial charge >= 0.3 is 0 Å². The minimum absolute atomic E-state index is 0.225. The zero-order chi connectivity index (χ0) is 9.97. The Labute approximate surface area is 85.4 Å². The standard InChI is InChI=1S/C11H18N2O/c1-8-10(5-6-14-8)13-11-4-2-3-9(11)7-12/h8-11,13H,2-6H2,1H3. The SMILES string of the molecule is CC1OCCC1NC1CCCC1C#N.